The van der Waals surface area contributed by atoms with Crippen LogP contribution in [0.2, 0.25) is 0 Å². The van der Waals surface area contributed by atoms with E-state index in [0.29, 0.717) is 38.0 Å². The molecule has 2 fully saturated rings. The summed E-state index contributed by atoms with van der Waals surface area (Å²) < 4.78 is 5.16. The van der Waals surface area contributed by atoms with Gasteiger partial charge in [0, 0.05) is 63.8 Å². The van der Waals surface area contributed by atoms with Crippen LogP contribution < -0.4 is 10.1 Å². The summed E-state index contributed by atoms with van der Waals surface area (Å²) in [7, 11) is 3.78. The number of likely N-dealkylation sites (N-methyl/N-ethyl adjacent to an activating group) is 1. The third-order valence-corrected chi connectivity index (χ3v) is 7.00. The van der Waals surface area contributed by atoms with Gasteiger partial charge >= 0.3 is 6.03 Å². The van der Waals surface area contributed by atoms with Crippen LogP contribution in [-0.2, 0) is 13.1 Å². The van der Waals surface area contributed by atoms with Crippen LogP contribution >= 0.6 is 0 Å². The van der Waals surface area contributed by atoms with Gasteiger partial charge in [-0.2, -0.15) is 0 Å². The van der Waals surface area contributed by atoms with E-state index >= 15 is 0 Å². The number of hydrogen-bond donors (Lipinski definition) is 1. The van der Waals surface area contributed by atoms with Gasteiger partial charge in [-0.1, -0.05) is 24.3 Å². The molecule has 2 aliphatic rings. The Kier molecular flexibility index (Phi) is 8.19. The highest BCUT2D eigenvalue weighted by molar-refractivity contribution is 5.98. The Balaban J connectivity index is 1.19. The molecule has 182 valence electrons. The monoisotopic (exact) mass is 464 g/mol. The summed E-state index contributed by atoms with van der Waals surface area (Å²) in [4.78, 5) is 32.1. The molecule has 0 aromatic heterocycles. The fourth-order valence-corrected chi connectivity index (χ4v) is 4.65. The highest BCUT2D eigenvalue weighted by Gasteiger charge is 2.28. The van der Waals surface area contributed by atoms with Crippen molar-refractivity contribution in [2.24, 2.45) is 5.92 Å². The highest BCUT2D eigenvalue weighted by atomic mass is 16.5. The molecule has 2 saturated heterocycles. The SMILES string of the molecule is COc1ccc(C(=O)C2CCN(C(=O)NCc3ccc(CN4CCN(C)CC4)cc3)CC2)cc1. The molecule has 2 heterocycles. The van der Waals surface area contributed by atoms with E-state index in [-0.39, 0.29) is 17.7 Å². The number of carbonyl (C=O) groups is 2. The van der Waals surface area contributed by atoms with E-state index in [1.807, 2.05) is 29.2 Å². The number of nitrogens with one attached hydrogen (secondary N) is 1. The number of piperidine rings is 1. The minimum atomic E-state index is -0.0585. The van der Waals surface area contributed by atoms with Gasteiger partial charge in [-0.05, 0) is 55.3 Å². The second kappa shape index (κ2) is 11.5. The fraction of sp³-hybridized carbons (Fsp3) is 0.481. The van der Waals surface area contributed by atoms with Gasteiger partial charge in [-0.3, -0.25) is 9.69 Å². The van der Waals surface area contributed by atoms with Crippen molar-refractivity contribution in [2.75, 3.05) is 53.4 Å². The van der Waals surface area contributed by atoms with Crippen LogP contribution in [0, 0.1) is 5.92 Å². The molecule has 2 amide bonds. The first-order chi connectivity index (χ1) is 16.5. The lowest BCUT2D eigenvalue weighted by atomic mass is 9.89. The van der Waals surface area contributed by atoms with E-state index in [1.165, 1.54) is 5.56 Å². The van der Waals surface area contributed by atoms with Crippen LogP contribution in [0.4, 0.5) is 4.79 Å². The molecule has 7 nitrogen and oxygen atoms in total. The number of rotatable bonds is 7. The van der Waals surface area contributed by atoms with Crippen LogP contribution in [0.1, 0.15) is 34.3 Å². The number of methoxy groups -OCH3 is 1. The summed E-state index contributed by atoms with van der Waals surface area (Å²) in [5.74, 6) is 0.859. The number of urea groups is 1. The van der Waals surface area contributed by atoms with E-state index in [4.69, 9.17) is 4.74 Å². The molecule has 2 aromatic rings. The van der Waals surface area contributed by atoms with Gasteiger partial charge in [-0.25, -0.2) is 4.79 Å². The molecule has 0 bridgehead atoms. The van der Waals surface area contributed by atoms with Crippen LogP contribution in [0.15, 0.2) is 48.5 Å². The van der Waals surface area contributed by atoms with Crippen LogP contribution in [0.5, 0.6) is 5.75 Å². The Morgan fingerprint density at radius 2 is 1.50 bits per heavy atom. The molecule has 34 heavy (non-hydrogen) atoms. The Labute approximate surface area is 202 Å². The van der Waals surface area contributed by atoms with Crippen molar-refractivity contribution in [3.63, 3.8) is 0 Å². The van der Waals surface area contributed by atoms with E-state index in [0.717, 1.165) is 44.0 Å². The number of ether oxygens (including phenoxy) is 1. The zero-order valence-corrected chi connectivity index (χ0v) is 20.3. The number of carbonyl (C=O) groups excluding carboxylic acids is 2. The lowest BCUT2D eigenvalue weighted by Crippen LogP contribution is -2.45. The van der Waals surface area contributed by atoms with Gasteiger partial charge in [0.2, 0.25) is 0 Å². The van der Waals surface area contributed by atoms with Crippen LogP contribution in [-0.4, -0.2) is 79.9 Å². The highest BCUT2D eigenvalue weighted by Crippen LogP contribution is 2.23. The summed E-state index contributed by atoms with van der Waals surface area (Å²) in [6, 6.07) is 15.7. The van der Waals surface area contributed by atoms with Crippen molar-refractivity contribution in [3.8, 4) is 5.75 Å². The molecule has 0 radical (unpaired) electrons. The Hall–Kier alpha value is -2.90. The maximum absolute atomic E-state index is 12.8. The van der Waals surface area contributed by atoms with E-state index in [2.05, 4.69) is 46.4 Å². The summed E-state index contributed by atoms with van der Waals surface area (Å²) in [6.07, 6.45) is 1.39. The molecular formula is C27H36N4O3. The topological polar surface area (TPSA) is 65.1 Å². The average molecular weight is 465 g/mol. The third-order valence-electron chi connectivity index (χ3n) is 7.00. The van der Waals surface area contributed by atoms with Gasteiger partial charge < -0.3 is 19.9 Å². The Bertz CT molecular complexity index is 945. The van der Waals surface area contributed by atoms with Gasteiger partial charge in [0.05, 0.1) is 7.11 Å². The quantitative estimate of drug-likeness (QED) is 0.638. The molecule has 4 rings (SSSR count). The van der Waals surface area contributed by atoms with Gasteiger partial charge in [0.25, 0.3) is 0 Å². The molecule has 0 spiro atoms. The lowest BCUT2D eigenvalue weighted by Gasteiger charge is -2.32. The number of hydrogen-bond acceptors (Lipinski definition) is 5. The summed E-state index contributed by atoms with van der Waals surface area (Å²) in [5, 5.41) is 3.04. The molecule has 2 aliphatic heterocycles. The molecule has 0 saturated carbocycles. The first-order valence-electron chi connectivity index (χ1n) is 12.2. The van der Waals surface area contributed by atoms with Gasteiger partial charge in [0.15, 0.2) is 5.78 Å². The molecule has 0 aliphatic carbocycles. The maximum Gasteiger partial charge on any atom is 0.317 e. The number of piperazine rings is 1. The molecule has 0 atom stereocenters. The summed E-state index contributed by atoms with van der Waals surface area (Å²) in [5.41, 5.74) is 3.11. The Morgan fingerprint density at radius 3 is 2.12 bits per heavy atom. The molecular weight excluding hydrogens is 428 g/mol. The number of Topliss-reactive ketones (excluding diaryl/α,β-unsaturated/α-hetero) is 1. The third kappa shape index (κ3) is 6.36. The summed E-state index contributed by atoms with van der Waals surface area (Å²) in [6.45, 7) is 7.15. The molecule has 2 aromatic carbocycles. The number of nitrogens with zero attached hydrogens (tertiary/aromatic N) is 3. The second-order valence-electron chi connectivity index (χ2n) is 9.41. The predicted molar refractivity (Wildman–Crippen MR) is 133 cm³/mol. The number of ketones is 1. The van der Waals surface area contributed by atoms with Crippen molar-refractivity contribution in [3.05, 3.63) is 65.2 Å². The fourth-order valence-electron chi connectivity index (χ4n) is 4.65. The smallest absolute Gasteiger partial charge is 0.317 e. The van der Waals surface area contributed by atoms with Gasteiger partial charge in [-0.15, -0.1) is 0 Å². The first kappa shape index (κ1) is 24.2. The molecule has 0 unspecified atom stereocenters. The van der Waals surface area contributed by atoms with E-state index in [1.54, 1.807) is 7.11 Å². The number of likely N-dealkylation sites (tertiary alicyclic amines) is 1. The van der Waals surface area contributed by atoms with E-state index in [9.17, 15) is 9.59 Å². The maximum atomic E-state index is 12.8. The van der Waals surface area contributed by atoms with Crippen molar-refractivity contribution in [1.82, 2.24) is 20.0 Å². The summed E-state index contributed by atoms with van der Waals surface area (Å²) >= 11 is 0. The number of benzene rings is 2. The largest absolute Gasteiger partial charge is 0.497 e. The van der Waals surface area contributed by atoms with Crippen LogP contribution in [0.25, 0.3) is 0 Å². The molecule has 1 N–H and O–H groups in total. The standard InChI is InChI=1S/C27H36N4O3/c1-29-15-17-30(18-16-29)20-22-5-3-21(4-6-22)19-28-27(33)31-13-11-24(12-14-31)26(32)23-7-9-25(34-2)10-8-23/h3-10,24H,11-20H2,1-2H3,(H,28,33). The first-order valence-corrected chi connectivity index (χ1v) is 12.2. The zero-order chi connectivity index (χ0) is 23.9. The van der Waals surface area contributed by atoms with Crippen molar-refractivity contribution in [1.29, 1.82) is 0 Å². The normalized spacial score (nSPS) is 18.0. The van der Waals surface area contributed by atoms with Gasteiger partial charge in [0.1, 0.15) is 5.75 Å². The zero-order valence-electron chi connectivity index (χ0n) is 20.3. The van der Waals surface area contributed by atoms with Crippen LogP contribution in [0.3, 0.4) is 0 Å². The van der Waals surface area contributed by atoms with Crippen molar-refractivity contribution in [2.45, 2.75) is 25.9 Å². The average Bonchev–Trinajstić information content (AvgIpc) is 2.89. The van der Waals surface area contributed by atoms with E-state index < -0.39 is 0 Å². The lowest BCUT2D eigenvalue weighted by molar-refractivity contribution is 0.0854. The Morgan fingerprint density at radius 1 is 0.882 bits per heavy atom. The van der Waals surface area contributed by atoms with Crippen molar-refractivity contribution >= 4 is 11.8 Å². The molecule has 7 heteroatoms. The number of amides is 2. The predicted octanol–water partition coefficient (Wildman–Crippen LogP) is 3.25. The second-order valence-corrected chi connectivity index (χ2v) is 9.41. The minimum Gasteiger partial charge on any atom is -0.497 e. The minimum absolute atomic E-state index is 0.0368. The van der Waals surface area contributed by atoms with Crippen molar-refractivity contribution < 1.29 is 14.3 Å².